The van der Waals surface area contributed by atoms with Crippen LogP contribution in [0.15, 0.2) is 35.4 Å². The lowest BCUT2D eigenvalue weighted by atomic mass is 9.86. The van der Waals surface area contributed by atoms with E-state index in [1.165, 1.54) is 17.4 Å². The highest BCUT2D eigenvalue weighted by atomic mass is 35.5. The van der Waals surface area contributed by atoms with Crippen LogP contribution in [0.1, 0.15) is 95.6 Å². The fourth-order valence-electron chi connectivity index (χ4n) is 4.60. The molecular formula is C26H30ClF3O3S. The number of hydrogen-bond donors (Lipinski definition) is 2. The number of aromatic carboxylic acids is 1. The molecule has 34 heavy (non-hydrogen) atoms. The molecule has 1 aliphatic carbocycles. The second-order valence-electron chi connectivity index (χ2n) is 8.83. The van der Waals surface area contributed by atoms with Gasteiger partial charge in [0.25, 0.3) is 0 Å². The summed E-state index contributed by atoms with van der Waals surface area (Å²) in [4.78, 5) is 12.3. The highest BCUT2D eigenvalue weighted by molar-refractivity contribution is 7.13. The van der Waals surface area contributed by atoms with Crippen molar-refractivity contribution in [3.63, 3.8) is 0 Å². The van der Waals surface area contributed by atoms with Gasteiger partial charge >= 0.3 is 12.1 Å². The number of hydrogen-bond acceptors (Lipinski definition) is 3. The fourth-order valence-corrected chi connectivity index (χ4v) is 5.85. The molecule has 1 aliphatic rings. The van der Waals surface area contributed by atoms with Crippen LogP contribution < -0.4 is 0 Å². The minimum absolute atomic E-state index is 0.0900. The molecule has 0 aliphatic heterocycles. The summed E-state index contributed by atoms with van der Waals surface area (Å²) < 4.78 is 42.2. The number of alkyl halides is 3. The predicted octanol–water partition coefficient (Wildman–Crippen LogP) is 8.46. The van der Waals surface area contributed by atoms with Crippen molar-refractivity contribution in [2.45, 2.75) is 77.0 Å². The number of thiophene rings is 1. The zero-order chi connectivity index (χ0) is 24.9. The molecule has 8 heteroatoms. The molecule has 3 rings (SSSR count). The van der Waals surface area contributed by atoms with Crippen LogP contribution >= 0.6 is 22.9 Å². The zero-order valence-electron chi connectivity index (χ0n) is 19.1. The summed E-state index contributed by atoms with van der Waals surface area (Å²) in [7, 11) is 0. The Balaban J connectivity index is 1.78. The summed E-state index contributed by atoms with van der Waals surface area (Å²) in [6.45, 7) is 2.03. The molecule has 2 N–H and O–H groups in total. The van der Waals surface area contributed by atoms with Crippen LogP contribution in [0.4, 0.5) is 13.2 Å². The summed E-state index contributed by atoms with van der Waals surface area (Å²) in [6.07, 6.45) is 0.922. The second kappa shape index (κ2) is 11.7. The first-order valence-corrected chi connectivity index (χ1v) is 12.9. The zero-order valence-corrected chi connectivity index (χ0v) is 20.7. The third kappa shape index (κ3) is 6.64. The van der Waals surface area contributed by atoms with Gasteiger partial charge in [0.15, 0.2) is 0 Å². The Labute approximate surface area is 207 Å². The molecule has 0 bridgehead atoms. The van der Waals surface area contributed by atoms with Gasteiger partial charge < -0.3 is 10.2 Å². The molecule has 1 unspecified atom stereocenters. The maximum absolute atomic E-state index is 14.1. The van der Waals surface area contributed by atoms with Crippen LogP contribution in [0, 0.1) is 5.92 Å². The highest BCUT2D eigenvalue weighted by Gasteiger charge is 2.37. The number of benzene rings is 1. The van der Waals surface area contributed by atoms with E-state index < -0.39 is 23.8 Å². The maximum Gasteiger partial charge on any atom is 0.417 e. The third-order valence-corrected chi connectivity index (χ3v) is 7.89. The minimum atomic E-state index is -4.56. The van der Waals surface area contributed by atoms with E-state index in [-0.39, 0.29) is 21.9 Å². The van der Waals surface area contributed by atoms with E-state index in [2.05, 4.69) is 0 Å². The van der Waals surface area contributed by atoms with E-state index in [1.54, 1.807) is 18.2 Å². The van der Waals surface area contributed by atoms with Crippen LogP contribution in [0.25, 0.3) is 5.57 Å². The average molecular weight is 515 g/mol. The van der Waals surface area contributed by atoms with Gasteiger partial charge in [0, 0.05) is 9.91 Å². The number of aryl methyl sites for hydroxylation is 1. The van der Waals surface area contributed by atoms with E-state index in [4.69, 9.17) is 16.7 Å². The number of aliphatic hydroxyl groups excluding tert-OH is 1. The molecule has 0 saturated heterocycles. The number of rotatable bonds is 11. The van der Waals surface area contributed by atoms with Crippen molar-refractivity contribution in [3.8, 4) is 0 Å². The van der Waals surface area contributed by atoms with Gasteiger partial charge in [-0.2, -0.15) is 13.2 Å². The van der Waals surface area contributed by atoms with Crippen LogP contribution in [-0.4, -0.2) is 16.2 Å². The van der Waals surface area contributed by atoms with Gasteiger partial charge in [-0.25, -0.2) is 4.79 Å². The summed E-state index contributed by atoms with van der Waals surface area (Å²) in [6, 6.07) is 7.51. The number of halogens is 4. The van der Waals surface area contributed by atoms with Crippen molar-refractivity contribution in [3.05, 3.63) is 61.8 Å². The summed E-state index contributed by atoms with van der Waals surface area (Å²) in [5, 5.41) is 20.0. The molecule has 186 valence electrons. The van der Waals surface area contributed by atoms with Gasteiger partial charge in [-0.15, -0.1) is 11.3 Å². The van der Waals surface area contributed by atoms with Crippen molar-refractivity contribution in [1.29, 1.82) is 0 Å². The highest BCUT2D eigenvalue weighted by Crippen LogP contribution is 2.47. The van der Waals surface area contributed by atoms with Crippen molar-refractivity contribution in [1.82, 2.24) is 0 Å². The maximum atomic E-state index is 14.1. The topological polar surface area (TPSA) is 57.5 Å². The Morgan fingerprint density at radius 2 is 1.97 bits per heavy atom. The lowest BCUT2D eigenvalue weighted by Crippen LogP contribution is -2.13. The quantitative estimate of drug-likeness (QED) is 0.296. The lowest BCUT2D eigenvalue weighted by Gasteiger charge is -2.22. The molecule has 0 spiro atoms. The van der Waals surface area contributed by atoms with Gasteiger partial charge in [-0.1, -0.05) is 49.9 Å². The molecule has 0 radical (unpaired) electrons. The van der Waals surface area contributed by atoms with Crippen LogP contribution in [0.5, 0.6) is 0 Å². The van der Waals surface area contributed by atoms with Crippen LogP contribution in [0.2, 0.25) is 0 Å². The molecule has 1 heterocycles. The van der Waals surface area contributed by atoms with Gasteiger partial charge in [0.2, 0.25) is 0 Å². The number of carboxylic acid groups (broad SMARTS) is 1. The number of unbranched alkanes of at least 4 members (excludes halogenated alkanes) is 2. The Morgan fingerprint density at radius 1 is 1.21 bits per heavy atom. The lowest BCUT2D eigenvalue weighted by molar-refractivity contribution is -0.137. The van der Waals surface area contributed by atoms with E-state index in [1.807, 2.05) is 6.92 Å². The summed E-state index contributed by atoms with van der Waals surface area (Å²) in [5.41, 5.74) is 0.196. The SMILES string of the molecule is CCCCCC(O)c1ccc(C2=C(Cl)CC[C@@H]2CCCc2ccc(C(=O)O)s2)c(C(F)(F)F)c1. The second-order valence-corrected chi connectivity index (χ2v) is 10.5. The van der Waals surface area contributed by atoms with Crippen LogP contribution in [0.3, 0.4) is 0 Å². The van der Waals surface area contributed by atoms with Crippen molar-refractivity contribution in [2.75, 3.05) is 0 Å². The van der Waals surface area contributed by atoms with E-state index >= 15 is 0 Å². The molecule has 2 aromatic rings. The standard InChI is InChI=1S/C26H30ClF3O3S/c1-2-3-4-8-22(31)17-9-12-19(20(15-17)26(28,29)30)24-16(10-13-21(24)27)6-5-7-18-11-14-23(34-18)25(32)33/h9,11-12,14-16,22,31H,2-8,10,13H2,1H3,(H,32,33)/t16-,22?/m0/s1. The third-order valence-electron chi connectivity index (χ3n) is 6.37. The smallest absolute Gasteiger partial charge is 0.417 e. The summed E-state index contributed by atoms with van der Waals surface area (Å²) >= 11 is 7.68. The van der Waals surface area contributed by atoms with Gasteiger partial charge in [-0.05, 0) is 79.3 Å². The summed E-state index contributed by atoms with van der Waals surface area (Å²) in [5.74, 6) is -1.05. The fraction of sp³-hybridized carbons (Fsp3) is 0.500. The number of aliphatic hydroxyl groups is 1. The van der Waals surface area contributed by atoms with Gasteiger partial charge in [0.1, 0.15) is 4.88 Å². The van der Waals surface area contributed by atoms with Crippen molar-refractivity contribution in [2.24, 2.45) is 5.92 Å². The number of allylic oxidation sites excluding steroid dienone is 2. The molecule has 0 saturated carbocycles. The number of carboxylic acids is 1. The molecule has 3 nitrogen and oxygen atoms in total. The predicted molar refractivity (Wildman–Crippen MR) is 130 cm³/mol. The van der Waals surface area contributed by atoms with E-state index in [9.17, 15) is 23.1 Å². The van der Waals surface area contributed by atoms with E-state index in [0.29, 0.717) is 42.7 Å². The first-order valence-electron chi connectivity index (χ1n) is 11.7. The molecule has 1 aromatic heterocycles. The molecule has 2 atom stereocenters. The van der Waals surface area contributed by atoms with Crippen LogP contribution in [-0.2, 0) is 12.6 Å². The molecular weight excluding hydrogens is 485 g/mol. The molecule has 1 aromatic carbocycles. The Morgan fingerprint density at radius 3 is 2.62 bits per heavy atom. The van der Waals surface area contributed by atoms with Gasteiger partial charge in [-0.3, -0.25) is 0 Å². The first-order chi connectivity index (χ1) is 16.1. The Kier molecular flexibility index (Phi) is 9.24. The average Bonchev–Trinajstić information content (AvgIpc) is 3.40. The Hall–Kier alpha value is -1.83. The largest absolute Gasteiger partial charge is 0.477 e. The van der Waals surface area contributed by atoms with Crippen molar-refractivity contribution < 1.29 is 28.2 Å². The normalized spacial score (nSPS) is 17.4. The number of carbonyl (C=O) groups is 1. The first kappa shape index (κ1) is 26.8. The minimum Gasteiger partial charge on any atom is -0.477 e. The van der Waals surface area contributed by atoms with E-state index in [0.717, 1.165) is 36.6 Å². The molecule has 0 fully saturated rings. The van der Waals surface area contributed by atoms with Gasteiger partial charge in [0.05, 0.1) is 11.7 Å². The van der Waals surface area contributed by atoms with Crippen molar-refractivity contribution >= 4 is 34.5 Å². The Bertz CT molecular complexity index is 1030. The monoisotopic (exact) mass is 514 g/mol. The molecule has 0 amide bonds.